The molecule has 0 saturated heterocycles. The Kier molecular flexibility index (Phi) is 4.17. The molecular formula is C19H17Cl2NO2. The second-order valence-electron chi connectivity index (χ2n) is 6.17. The maximum Gasteiger partial charge on any atom is 0.290 e. The highest BCUT2D eigenvalue weighted by atomic mass is 35.5. The highest BCUT2D eigenvalue weighted by molar-refractivity contribution is 6.32. The van der Waals surface area contributed by atoms with E-state index in [0.717, 1.165) is 57.2 Å². The van der Waals surface area contributed by atoms with Crippen molar-refractivity contribution in [3.8, 4) is 5.95 Å². The zero-order chi connectivity index (χ0) is 16.7. The van der Waals surface area contributed by atoms with Crippen LogP contribution in [0.5, 0.6) is 5.95 Å². The van der Waals surface area contributed by atoms with E-state index < -0.39 is 0 Å². The number of likely N-dealkylation sites (N-methyl/N-ethyl adjacent to an activating group) is 1. The number of benzene rings is 2. The Balaban J connectivity index is 1.71. The highest BCUT2D eigenvalue weighted by Crippen LogP contribution is 2.39. The molecule has 0 amide bonds. The van der Waals surface area contributed by atoms with Gasteiger partial charge in [-0.15, -0.1) is 0 Å². The van der Waals surface area contributed by atoms with Crippen LogP contribution in [0.15, 0.2) is 40.8 Å². The van der Waals surface area contributed by atoms with Gasteiger partial charge in [-0.3, -0.25) is 0 Å². The average molecular weight is 362 g/mol. The summed E-state index contributed by atoms with van der Waals surface area (Å²) >= 11 is 12.3. The van der Waals surface area contributed by atoms with E-state index in [1.54, 1.807) is 0 Å². The molecule has 1 aliphatic heterocycles. The van der Waals surface area contributed by atoms with Gasteiger partial charge >= 0.3 is 0 Å². The van der Waals surface area contributed by atoms with Gasteiger partial charge in [0.25, 0.3) is 5.95 Å². The molecule has 4 rings (SSSR count). The summed E-state index contributed by atoms with van der Waals surface area (Å²) in [5.74, 6) is 0.581. The van der Waals surface area contributed by atoms with Gasteiger partial charge in [0.15, 0.2) is 0 Å². The minimum absolute atomic E-state index is 0.441. The van der Waals surface area contributed by atoms with E-state index in [2.05, 4.69) is 11.9 Å². The van der Waals surface area contributed by atoms with Crippen LogP contribution in [0.4, 0.5) is 0 Å². The molecule has 24 heavy (non-hydrogen) atoms. The van der Waals surface area contributed by atoms with Gasteiger partial charge in [-0.1, -0.05) is 35.3 Å². The number of halogens is 2. The largest absolute Gasteiger partial charge is 0.460 e. The SMILES string of the molecule is CN1CCc2c(Cl)ccc3oc(OCc4ccc(Cl)cc4)c(c23)C1. The lowest BCUT2D eigenvalue weighted by Crippen LogP contribution is -2.18. The number of ether oxygens (including phenoxy) is 1. The van der Waals surface area contributed by atoms with Crippen LogP contribution in [0.1, 0.15) is 16.7 Å². The minimum atomic E-state index is 0.441. The fraction of sp³-hybridized carbons (Fsp3) is 0.263. The molecule has 1 aliphatic rings. The number of rotatable bonds is 3. The Hall–Kier alpha value is -1.68. The van der Waals surface area contributed by atoms with E-state index in [1.165, 1.54) is 0 Å². The first-order valence-electron chi connectivity index (χ1n) is 7.90. The van der Waals surface area contributed by atoms with E-state index >= 15 is 0 Å². The van der Waals surface area contributed by atoms with Gasteiger partial charge < -0.3 is 14.1 Å². The summed E-state index contributed by atoms with van der Waals surface area (Å²) in [6, 6.07) is 11.5. The predicted molar refractivity (Wildman–Crippen MR) is 97.0 cm³/mol. The number of hydrogen-bond acceptors (Lipinski definition) is 3. The predicted octanol–water partition coefficient (Wildman–Crippen LogP) is 5.31. The second-order valence-corrected chi connectivity index (χ2v) is 7.01. The average Bonchev–Trinajstić information content (AvgIpc) is 2.80. The fourth-order valence-corrected chi connectivity index (χ4v) is 3.54. The van der Waals surface area contributed by atoms with Crippen LogP contribution in [0.2, 0.25) is 10.0 Å². The first kappa shape index (κ1) is 15.8. The van der Waals surface area contributed by atoms with Crippen LogP contribution in [0, 0.1) is 0 Å². The Labute approximate surface area is 150 Å². The van der Waals surface area contributed by atoms with Crippen molar-refractivity contribution >= 4 is 34.2 Å². The van der Waals surface area contributed by atoms with Crippen LogP contribution in [0.3, 0.4) is 0 Å². The first-order valence-corrected chi connectivity index (χ1v) is 8.66. The van der Waals surface area contributed by atoms with Gasteiger partial charge in [-0.25, -0.2) is 0 Å². The maximum atomic E-state index is 6.41. The third-order valence-electron chi connectivity index (χ3n) is 4.42. The molecule has 0 unspecified atom stereocenters. The van der Waals surface area contributed by atoms with Gasteiger partial charge in [0, 0.05) is 28.5 Å². The molecule has 0 radical (unpaired) electrons. The zero-order valence-electron chi connectivity index (χ0n) is 13.3. The molecule has 0 saturated carbocycles. The van der Waals surface area contributed by atoms with Crippen molar-refractivity contribution in [3.63, 3.8) is 0 Å². The third kappa shape index (κ3) is 2.88. The molecule has 5 heteroatoms. The van der Waals surface area contributed by atoms with E-state index in [1.807, 2.05) is 36.4 Å². The molecule has 1 aromatic heterocycles. The van der Waals surface area contributed by atoms with Crippen molar-refractivity contribution in [2.24, 2.45) is 0 Å². The van der Waals surface area contributed by atoms with E-state index in [-0.39, 0.29) is 0 Å². The lowest BCUT2D eigenvalue weighted by Gasteiger charge is -2.13. The molecule has 3 aromatic rings. The van der Waals surface area contributed by atoms with Crippen molar-refractivity contribution in [1.29, 1.82) is 0 Å². The smallest absolute Gasteiger partial charge is 0.290 e. The molecular weight excluding hydrogens is 345 g/mol. The number of furan rings is 1. The molecule has 0 N–H and O–H groups in total. The van der Waals surface area contributed by atoms with E-state index in [0.29, 0.717) is 12.6 Å². The van der Waals surface area contributed by atoms with Gasteiger partial charge in [-0.05, 0) is 48.9 Å². The number of hydrogen-bond donors (Lipinski definition) is 0. The summed E-state index contributed by atoms with van der Waals surface area (Å²) in [4.78, 5) is 2.26. The normalized spacial score (nSPS) is 14.8. The summed E-state index contributed by atoms with van der Waals surface area (Å²) in [5, 5.41) is 2.62. The van der Waals surface area contributed by atoms with E-state index in [4.69, 9.17) is 32.4 Å². The van der Waals surface area contributed by atoms with Gasteiger partial charge in [0.2, 0.25) is 0 Å². The van der Waals surface area contributed by atoms with Crippen LogP contribution in [-0.4, -0.2) is 18.5 Å². The monoisotopic (exact) mass is 361 g/mol. The fourth-order valence-electron chi connectivity index (χ4n) is 3.17. The van der Waals surface area contributed by atoms with Crippen molar-refractivity contribution in [2.45, 2.75) is 19.6 Å². The lowest BCUT2D eigenvalue weighted by atomic mass is 10.0. The summed E-state index contributed by atoms with van der Waals surface area (Å²) < 4.78 is 12.0. The Morgan fingerprint density at radius 2 is 1.88 bits per heavy atom. The van der Waals surface area contributed by atoms with Crippen molar-refractivity contribution in [3.05, 3.63) is 63.1 Å². The molecule has 3 nitrogen and oxygen atoms in total. The second kappa shape index (κ2) is 6.32. The zero-order valence-corrected chi connectivity index (χ0v) is 14.8. The molecule has 2 aromatic carbocycles. The van der Waals surface area contributed by atoms with Crippen LogP contribution in [0.25, 0.3) is 11.0 Å². The molecule has 0 fully saturated rings. The first-order chi connectivity index (χ1) is 11.6. The molecule has 0 bridgehead atoms. The van der Waals surface area contributed by atoms with Gasteiger partial charge in [0.05, 0.1) is 5.56 Å². The lowest BCUT2D eigenvalue weighted by molar-refractivity contribution is 0.229. The molecule has 0 aliphatic carbocycles. The Morgan fingerprint density at radius 3 is 2.67 bits per heavy atom. The summed E-state index contributed by atoms with van der Waals surface area (Å²) in [6.07, 6.45) is 0.913. The summed E-state index contributed by atoms with van der Waals surface area (Å²) in [6.45, 7) is 2.19. The van der Waals surface area contributed by atoms with Crippen molar-refractivity contribution < 1.29 is 9.15 Å². The third-order valence-corrected chi connectivity index (χ3v) is 5.03. The van der Waals surface area contributed by atoms with Crippen LogP contribution < -0.4 is 4.74 Å². The minimum Gasteiger partial charge on any atom is -0.460 e. The topological polar surface area (TPSA) is 25.6 Å². The molecule has 0 atom stereocenters. The standard InChI is InChI=1S/C19H17Cl2NO2/c1-22-9-8-14-16(21)6-7-17-18(14)15(10-22)19(24-17)23-11-12-2-4-13(20)5-3-12/h2-7H,8-11H2,1H3. The van der Waals surface area contributed by atoms with Crippen molar-refractivity contribution in [2.75, 3.05) is 13.6 Å². The van der Waals surface area contributed by atoms with Gasteiger partial charge in [-0.2, -0.15) is 0 Å². The summed E-state index contributed by atoms with van der Waals surface area (Å²) in [7, 11) is 2.10. The quantitative estimate of drug-likeness (QED) is 0.632. The van der Waals surface area contributed by atoms with Crippen molar-refractivity contribution in [1.82, 2.24) is 4.90 Å². The summed E-state index contributed by atoms with van der Waals surface area (Å²) in [5.41, 5.74) is 4.12. The Bertz CT molecular complexity index is 887. The highest BCUT2D eigenvalue weighted by Gasteiger charge is 2.24. The van der Waals surface area contributed by atoms with Crippen LogP contribution in [-0.2, 0) is 19.6 Å². The van der Waals surface area contributed by atoms with E-state index in [9.17, 15) is 0 Å². The number of nitrogens with zero attached hydrogens (tertiary/aromatic N) is 1. The van der Waals surface area contributed by atoms with Gasteiger partial charge in [0.1, 0.15) is 12.2 Å². The Morgan fingerprint density at radius 1 is 1.08 bits per heavy atom. The van der Waals surface area contributed by atoms with Crippen LogP contribution >= 0.6 is 23.2 Å². The molecule has 2 heterocycles. The maximum absolute atomic E-state index is 6.41. The molecule has 124 valence electrons. The molecule has 0 spiro atoms.